The lowest BCUT2D eigenvalue weighted by Gasteiger charge is -2.43. The van der Waals surface area contributed by atoms with Gasteiger partial charge in [-0.2, -0.15) is 0 Å². The molecule has 0 spiro atoms. The molecule has 108 valence electrons. The summed E-state index contributed by atoms with van der Waals surface area (Å²) in [7, 11) is 1.66. The zero-order valence-electron chi connectivity index (χ0n) is 11.6. The SMILES string of the molecule is CN(CCC(=O)O)C(=O)NC(C1CCC1)C1CCC1. The number of hydrogen-bond acceptors (Lipinski definition) is 2. The number of nitrogens with zero attached hydrogens (tertiary/aromatic N) is 1. The lowest BCUT2D eigenvalue weighted by molar-refractivity contribution is -0.137. The van der Waals surface area contributed by atoms with Crippen molar-refractivity contribution in [3.8, 4) is 0 Å². The van der Waals surface area contributed by atoms with Gasteiger partial charge in [-0.3, -0.25) is 4.79 Å². The molecule has 0 unspecified atom stereocenters. The molecule has 2 saturated carbocycles. The smallest absolute Gasteiger partial charge is 0.317 e. The quantitative estimate of drug-likeness (QED) is 0.774. The predicted molar refractivity (Wildman–Crippen MR) is 71.9 cm³/mol. The first kappa shape index (κ1) is 14.2. The Hall–Kier alpha value is -1.26. The number of carboxylic acids is 1. The topological polar surface area (TPSA) is 69.6 Å². The van der Waals surface area contributed by atoms with Crippen LogP contribution in [0.25, 0.3) is 0 Å². The molecule has 2 amide bonds. The van der Waals surface area contributed by atoms with Crippen molar-refractivity contribution in [1.29, 1.82) is 0 Å². The van der Waals surface area contributed by atoms with Crippen molar-refractivity contribution in [2.45, 2.75) is 51.0 Å². The molecule has 0 atom stereocenters. The Labute approximate surface area is 114 Å². The average Bonchev–Trinajstić information content (AvgIpc) is 2.20. The number of hydrogen-bond donors (Lipinski definition) is 2. The Bertz CT molecular complexity index is 324. The molecule has 0 aromatic heterocycles. The summed E-state index contributed by atoms with van der Waals surface area (Å²) >= 11 is 0. The highest BCUT2D eigenvalue weighted by molar-refractivity contribution is 5.75. The Balaban J connectivity index is 1.81. The normalized spacial score (nSPS) is 19.7. The fourth-order valence-electron chi connectivity index (χ4n) is 2.84. The van der Waals surface area contributed by atoms with Crippen molar-refractivity contribution < 1.29 is 14.7 Å². The summed E-state index contributed by atoms with van der Waals surface area (Å²) in [6, 6.07) is 0.187. The van der Waals surface area contributed by atoms with Gasteiger partial charge in [0.05, 0.1) is 6.42 Å². The van der Waals surface area contributed by atoms with Crippen LogP contribution in [0.2, 0.25) is 0 Å². The standard InChI is InChI=1S/C14H24N2O3/c1-16(9-8-12(17)18)14(19)15-13(10-4-2-5-10)11-6-3-7-11/h10-11,13H,2-9H2,1H3,(H,15,19)(H,17,18). The molecule has 2 rings (SSSR count). The van der Waals surface area contributed by atoms with Crippen LogP contribution in [0.15, 0.2) is 0 Å². The molecule has 0 heterocycles. The molecule has 5 nitrogen and oxygen atoms in total. The molecule has 0 radical (unpaired) electrons. The first-order valence-electron chi connectivity index (χ1n) is 7.31. The molecule has 0 aromatic carbocycles. The van der Waals surface area contributed by atoms with Gasteiger partial charge in [0.15, 0.2) is 0 Å². The minimum Gasteiger partial charge on any atom is -0.481 e. The molecular formula is C14H24N2O3. The van der Waals surface area contributed by atoms with Crippen molar-refractivity contribution in [3.63, 3.8) is 0 Å². The van der Waals surface area contributed by atoms with Gasteiger partial charge < -0.3 is 15.3 Å². The number of carboxylic acid groups (broad SMARTS) is 1. The summed E-state index contributed by atoms with van der Waals surface area (Å²) in [4.78, 5) is 24.1. The van der Waals surface area contributed by atoms with E-state index < -0.39 is 5.97 Å². The number of amides is 2. The Kier molecular flexibility index (Phi) is 4.66. The van der Waals surface area contributed by atoms with Gasteiger partial charge >= 0.3 is 12.0 Å². The summed E-state index contributed by atoms with van der Waals surface area (Å²) < 4.78 is 0. The lowest BCUT2D eigenvalue weighted by atomic mass is 9.68. The van der Waals surface area contributed by atoms with Gasteiger partial charge in [0, 0.05) is 19.6 Å². The molecule has 19 heavy (non-hydrogen) atoms. The van der Waals surface area contributed by atoms with E-state index in [-0.39, 0.29) is 19.0 Å². The Morgan fingerprint density at radius 3 is 2.11 bits per heavy atom. The molecule has 2 aliphatic carbocycles. The number of carbonyl (C=O) groups is 2. The highest BCUT2D eigenvalue weighted by atomic mass is 16.4. The van der Waals surface area contributed by atoms with Gasteiger partial charge in [-0.1, -0.05) is 12.8 Å². The highest BCUT2D eigenvalue weighted by Crippen LogP contribution is 2.40. The summed E-state index contributed by atoms with van der Waals surface area (Å²) in [5.74, 6) is 0.415. The van der Waals surface area contributed by atoms with E-state index >= 15 is 0 Å². The number of nitrogens with one attached hydrogen (secondary N) is 1. The zero-order chi connectivity index (χ0) is 13.8. The Morgan fingerprint density at radius 1 is 1.21 bits per heavy atom. The molecule has 0 aliphatic heterocycles. The van der Waals surface area contributed by atoms with Crippen LogP contribution >= 0.6 is 0 Å². The van der Waals surface area contributed by atoms with E-state index in [1.54, 1.807) is 7.05 Å². The van der Waals surface area contributed by atoms with Crippen molar-refractivity contribution in [2.24, 2.45) is 11.8 Å². The number of aliphatic carboxylic acids is 1. The van der Waals surface area contributed by atoms with E-state index in [2.05, 4.69) is 5.32 Å². The van der Waals surface area contributed by atoms with Crippen LogP contribution in [0.1, 0.15) is 44.9 Å². The van der Waals surface area contributed by atoms with Crippen LogP contribution in [0.3, 0.4) is 0 Å². The van der Waals surface area contributed by atoms with Crippen LogP contribution < -0.4 is 5.32 Å². The number of carbonyl (C=O) groups excluding carboxylic acids is 1. The first-order chi connectivity index (χ1) is 9.08. The third-order valence-corrected chi connectivity index (χ3v) is 4.61. The molecule has 0 saturated heterocycles. The van der Waals surface area contributed by atoms with E-state index in [1.165, 1.54) is 43.4 Å². The fraction of sp³-hybridized carbons (Fsp3) is 0.857. The molecule has 5 heteroatoms. The number of urea groups is 1. The summed E-state index contributed by atoms with van der Waals surface area (Å²) in [6.45, 7) is 0.267. The second-order valence-corrected chi connectivity index (χ2v) is 5.92. The molecular weight excluding hydrogens is 244 g/mol. The Morgan fingerprint density at radius 2 is 1.74 bits per heavy atom. The molecule has 0 bridgehead atoms. The van der Waals surface area contributed by atoms with E-state index in [4.69, 9.17) is 5.11 Å². The van der Waals surface area contributed by atoms with Gasteiger partial charge in [-0.05, 0) is 37.5 Å². The van der Waals surface area contributed by atoms with Crippen LogP contribution in [0.5, 0.6) is 0 Å². The van der Waals surface area contributed by atoms with Gasteiger partial charge in [0.1, 0.15) is 0 Å². The molecule has 2 aliphatic rings. The third kappa shape index (κ3) is 3.61. The van der Waals surface area contributed by atoms with E-state index in [0.29, 0.717) is 17.9 Å². The van der Waals surface area contributed by atoms with E-state index in [0.717, 1.165) is 0 Å². The average molecular weight is 268 g/mol. The summed E-state index contributed by atoms with van der Waals surface area (Å²) in [5.41, 5.74) is 0. The van der Waals surface area contributed by atoms with Gasteiger partial charge in [0.2, 0.25) is 0 Å². The molecule has 0 aromatic rings. The van der Waals surface area contributed by atoms with Crippen LogP contribution in [-0.4, -0.2) is 41.6 Å². The van der Waals surface area contributed by atoms with Crippen molar-refractivity contribution >= 4 is 12.0 Å². The fourth-order valence-corrected chi connectivity index (χ4v) is 2.84. The second-order valence-electron chi connectivity index (χ2n) is 5.92. The van der Waals surface area contributed by atoms with Crippen LogP contribution in [-0.2, 0) is 4.79 Å². The maximum absolute atomic E-state index is 12.1. The summed E-state index contributed by atoms with van der Waals surface area (Å²) in [6.07, 6.45) is 7.44. The van der Waals surface area contributed by atoms with E-state index in [9.17, 15) is 9.59 Å². The lowest BCUT2D eigenvalue weighted by Crippen LogP contribution is -2.52. The third-order valence-electron chi connectivity index (χ3n) is 4.61. The summed E-state index contributed by atoms with van der Waals surface area (Å²) in [5, 5.41) is 11.8. The van der Waals surface area contributed by atoms with Crippen molar-refractivity contribution in [2.75, 3.05) is 13.6 Å². The van der Waals surface area contributed by atoms with Gasteiger partial charge in [0.25, 0.3) is 0 Å². The minimum absolute atomic E-state index is 0.00143. The van der Waals surface area contributed by atoms with Crippen molar-refractivity contribution in [3.05, 3.63) is 0 Å². The zero-order valence-corrected chi connectivity index (χ0v) is 11.6. The predicted octanol–water partition coefficient (Wildman–Crippen LogP) is 2.07. The van der Waals surface area contributed by atoms with Gasteiger partial charge in [-0.25, -0.2) is 4.79 Å². The minimum atomic E-state index is -0.866. The van der Waals surface area contributed by atoms with Crippen LogP contribution in [0, 0.1) is 11.8 Å². The first-order valence-corrected chi connectivity index (χ1v) is 7.31. The highest BCUT2D eigenvalue weighted by Gasteiger charge is 2.37. The maximum Gasteiger partial charge on any atom is 0.317 e. The molecule has 2 N–H and O–H groups in total. The van der Waals surface area contributed by atoms with E-state index in [1.807, 2.05) is 0 Å². The number of rotatable bonds is 6. The largest absolute Gasteiger partial charge is 0.481 e. The second kappa shape index (κ2) is 6.26. The molecule has 2 fully saturated rings. The van der Waals surface area contributed by atoms with Crippen LogP contribution in [0.4, 0.5) is 4.79 Å². The van der Waals surface area contributed by atoms with Gasteiger partial charge in [-0.15, -0.1) is 0 Å². The maximum atomic E-state index is 12.1. The van der Waals surface area contributed by atoms with Crippen molar-refractivity contribution in [1.82, 2.24) is 10.2 Å². The monoisotopic (exact) mass is 268 g/mol.